The Morgan fingerprint density at radius 3 is 0.942 bits per heavy atom. The Morgan fingerprint density at radius 1 is 0.408 bits per heavy atom. The van der Waals surface area contributed by atoms with E-state index >= 15 is 0 Å². The number of nitrogens with one attached hydrogen (secondary N) is 8. The second-order valence-corrected chi connectivity index (χ2v) is 41.1. The highest BCUT2D eigenvalue weighted by molar-refractivity contribution is 6.39. The van der Waals surface area contributed by atoms with Crippen molar-refractivity contribution in [2.75, 3.05) is 19.6 Å². The van der Waals surface area contributed by atoms with Gasteiger partial charge in [0.1, 0.15) is 52.9 Å². The minimum atomic E-state index is -4.62. The Labute approximate surface area is 693 Å². The number of alkyl carbamates (subject to hydrolysis) is 1. The molecule has 0 aromatic carbocycles. The van der Waals surface area contributed by atoms with Crippen LogP contribution in [0.3, 0.4) is 0 Å². The van der Waals surface area contributed by atoms with Crippen LogP contribution < -0.4 is 59.7 Å². The van der Waals surface area contributed by atoms with E-state index in [1.807, 2.05) is 52.2 Å². The van der Waals surface area contributed by atoms with Crippen molar-refractivity contribution in [2.45, 2.75) is 315 Å². The van der Waals surface area contributed by atoms with E-state index in [2.05, 4.69) is 31.9 Å². The van der Waals surface area contributed by atoms with Gasteiger partial charge in [-0.3, -0.25) is 57.5 Å². The fourth-order valence-corrected chi connectivity index (χ4v) is 19.2. The van der Waals surface area contributed by atoms with Gasteiger partial charge in [-0.2, -0.15) is 26.3 Å². The summed E-state index contributed by atoms with van der Waals surface area (Å²) in [6.45, 7) is 27.6. The average molecular weight is 1710 g/mol. The molecule has 0 bridgehead atoms. The molecule has 12 rings (SSSR count). The van der Waals surface area contributed by atoms with Gasteiger partial charge in [0.05, 0.1) is 18.1 Å². The highest BCUT2D eigenvalue weighted by Crippen LogP contribution is 2.67. The zero-order chi connectivity index (χ0) is 89.8. The molecule has 120 heavy (non-hydrogen) atoms. The predicted octanol–water partition coefficient (Wildman–Crippen LogP) is 6.54. The summed E-state index contributed by atoms with van der Waals surface area (Å²) in [5, 5.41) is 19.6. The van der Waals surface area contributed by atoms with Gasteiger partial charge in [0, 0.05) is 32.5 Å². The highest BCUT2D eigenvalue weighted by atomic mass is 19.4. The Hall–Kier alpha value is -8.51. The third-order valence-electron chi connectivity index (χ3n) is 28.0. The van der Waals surface area contributed by atoms with Crippen molar-refractivity contribution in [2.24, 2.45) is 103 Å². The van der Waals surface area contributed by atoms with Crippen molar-refractivity contribution in [3.8, 4) is 0 Å². The van der Waals surface area contributed by atoms with Crippen LogP contribution in [-0.2, 0) is 62.3 Å². The van der Waals surface area contributed by atoms with E-state index < -0.39 is 208 Å². The predicted molar refractivity (Wildman–Crippen MR) is 414 cm³/mol. The third kappa shape index (κ3) is 20.4. The Balaban J connectivity index is 0.000000189. The fourth-order valence-electron chi connectivity index (χ4n) is 19.2. The first-order valence-corrected chi connectivity index (χ1v) is 42.0. The van der Waals surface area contributed by atoms with Crippen LogP contribution >= 0.6 is 0 Å². The van der Waals surface area contributed by atoms with Crippen LogP contribution in [0.25, 0.3) is 0 Å². The maximum absolute atomic E-state index is 14.1. The SMILES string of the molecule is CC(C)(C)OC(=O)N[C@H](C(=O)N1C[C@H]2[C@@H]([C@H]1C(=O)N[C@H](CC1CC1)C(=O)C(N)=O)C2(C)C)C1CCC(F)(F)CC1.CC(C)(C)[C@H](NC(=O)NC1(C(F)(F)F)CC1)C(=O)N1C[C@H]2[C@@H]([C@H]1C(=O)N[C@@H](CC1CCC1)C(=O)C(N)=O)C2(C)C.CC(C)(C)[C@H](NC(=O)NC1(C(F)(F)F)CC1)C(=O)N1C[C@H]2[C@@H]([C@H]1C(=O)N[C@H](CC1CCC1)C(=O)C(N)=O)C2(C)C. The van der Waals surface area contributed by atoms with Gasteiger partial charge in [-0.1, -0.05) is 134 Å². The van der Waals surface area contributed by atoms with Gasteiger partial charge in [-0.15, -0.1) is 0 Å². The molecule has 0 aromatic heterocycles. The number of urea groups is 2. The molecule has 3 saturated heterocycles. The number of piperidine rings is 3. The summed E-state index contributed by atoms with van der Waals surface area (Å²) in [4.78, 5) is 198. The molecular formula is C82H122F8N14O16. The van der Waals surface area contributed by atoms with Crippen molar-refractivity contribution in [1.82, 2.24) is 57.2 Å². The number of carbonyl (C=O) groups excluding carboxylic acids is 15. The van der Waals surface area contributed by atoms with E-state index in [-0.39, 0.29) is 141 Å². The zero-order valence-electron chi connectivity index (χ0n) is 71.2. The summed E-state index contributed by atoms with van der Waals surface area (Å²) in [5.74, 6) is -13.0. The van der Waals surface area contributed by atoms with Crippen molar-refractivity contribution >= 4 is 88.7 Å². The lowest BCUT2D eigenvalue weighted by Crippen LogP contribution is -2.62. The van der Waals surface area contributed by atoms with Gasteiger partial charge in [-0.25, -0.2) is 23.2 Å². The van der Waals surface area contributed by atoms with E-state index in [9.17, 15) is 107 Å². The number of nitrogens with two attached hydrogens (primary N) is 3. The normalized spacial score (nSPS) is 28.1. The molecule has 3 aliphatic heterocycles. The van der Waals surface area contributed by atoms with E-state index in [1.165, 1.54) is 14.7 Å². The van der Waals surface area contributed by atoms with Crippen LogP contribution in [0.4, 0.5) is 49.5 Å². The van der Waals surface area contributed by atoms with Crippen LogP contribution in [0.2, 0.25) is 0 Å². The van der Waals surface area contributed by atoms with E-state index in [4.69, 9.17) is 21.9 Å². The number of hydrogen-bond acceptors (Lipinski definition) is 16. The topological polar surface area (TPSA) is 449 Å². The number of Topliss-reactive ketones (excluding diaryl/α,β-unsaturated/α-hetero) is 3. The summed E-state index contributed by atoms with van der Waals surface area (Å²) in [5.41, 5.74) is 7.72. The second kappa shape index (κ2) is 33.3. The quantitative estimate of drug-likeness (QED) is 0.0307. The fraction of sp³-hybridized carbons (Fsp3) is 0.817. The molecule has 0 radical (unpaired) electrons. The van der Waals surface area contributed by atoms with Gasteiger partial charge < -0.3 is 79.2 Å². The summed E-state index contributed by atoms with van der Waals surface area (Å²) in [6.07, 6.45) is -3.66. The van der Waals surface area contributed by atoms with Crippen molar-refractivity contribution in [1.29, 1.82) is 0 Å². The minimum absolute atomic E-state index is 0.0128. The number of amides is 14. The second-order valence-electron chi connectivity index (χ2n) is 41.1. The van der Waals surface area contributed by atoms with Gasteiger partial charge in [0.2, 0.25) is 58.7 Å². The Morgan fingerprint density at radius 2 is 0.700 bits per heavy atom. The minimum Gasteiger partial charge on any atom is -0.444 e. The monoisotopic (exact) mass is 1710 g/mol. The van der Waals surface area contributed by atoms with E-state index in [0.29, 0.717) is 6.42 Å². The number of carbonyl (C=O) groups is 15. The van der Waals surface area contributed by atoms with Crippen LogP contribution in [0, 0.1) is 86.3 Å². The smallest absolute Gasteiger partial charge is 0.411 e. The number of likely N-dealkylation sites (tertiary alicyclic amines) is 3. The number of ether oxygens (including phenoxy) is 1. The van der Waals surface area contributed by atoms with Crippen molar-refractivity contribution in [3.63, 3.8) is 0 Å². The summed E-state index contributed by atoms with van der Waals surface area (Å²) in [6, 6.07) is -12.0. The molecule has 14 N–H and O–H groups in total. The van der Waals surface area contributed by atoms with Crippen LogP contribution in [0.1, 0.15) is 226 Å². The molecule has 0 unspecified atom stereocenters. The van der Waals surface area contributed by atoms with Gasteiger partial charge in [0.15, 0.2) is 0 Å². The molecule has 9 aliphatic carbocycles. The first kappa shape index (κ1) is 93.8. The molecule has 38 heteroatoms. The summed E-state index contributed by atoms with van der Waals surface area (Å²) in [7, 11) is 0. The Bertz CT molecular complexity index is 3880. The molecule has 3 heterocycles. The molecule has 0 spiro atoms. The summed E-state index contributed by atoms with van der Waals surface area (Å²) < 4.78 is 114. The number of alkyl halides is 8. The summed E-state index contributed by atoms with van der Waals surface area (Å²) >= 11 is 0. The standard InChI is InChI=1S/C28H42F2N4O6.2C27H40F3N5O5/c1-26(2,3)40-25(39)33-19(15-8-10-28(29,30)11-9-15)24(38)34-13-16-18(27(16,4)5)20(34)23(37)32-17(12-14-6-7-14)21(35)22(31)36;2*1-24(2,3)19(33-23(40)34-26(9-10-26)27(28,29)30)22(39)35-12-14-16(25(14,4)5)17(35)21(38)32-15(18(36)20(31)37)11-13-7-6-8-13/h14-20H,6-13H2,1-5H3,(H2,31,36)(H,32,37)(H,33,39);2*13-17,19H,6-12H2,1-5H3,(H2,31,37)(H,32,38)(H2,33,34,40)/t16-,17+,18-,19-,20-;14-,15+,16-,17-,19+;14-,15-,16-,17-,19+/m000/s1. The number of fused-ring (bicyclic) bond motifs is 3. The molecular weight excluding hydrogens is 1590 g/mol. The Kier molecular flexibility index (Phi) is 26.0. The van der Waals surface area contributed by atoms with Crippen molar-refractivity contribution < 1.29 is 112 Å². The van der Waals surface area contributed by atoms with Gasteiger partial charge in [0.25, 0.3) is 17.7 Å². The average Bonchev–Trinajstić information content (AvgIpc) is 1.53. The lowest BCUT2D eigenvalue weighted by atomic mass is 9.80. The number of nitrogens with zero attached hydrogens (tertiary/aromatic N) is 3. The number of hydrogen-bond donors (Lipinski definition) is 11. The molecule has 0 aromatic rings. The largest absolute Gasteiger partial charge is 0.444 e. The lowest BCUT2D eigenvalue weighted by molar-refractivity contribution is -0.163. The maximum atomic E-state index is 14.1. The molecule has 15 atom stereocenters. The lowest BCUT2D eigenvalue weighted by Gasteiger charge is -2.38. The molecule has 14 amide bonds. The van der Waals surface area contributed by atoms with Crippen LogP contribution in [0.15, 0.2) is 0 Å². The highest BCUT2D eigenvalue weighted by Gasteiger charge is 2.74. The van der Waals surface area contributed by atoms with E-state index in [0.717, 1.165) is 51.4 Å². The zero-order valence-corrected chi connectivity index (χ0v) is 71.2. The molecule has 672 valence electrons. The number of primary amides is 3. The van der Waals surface area contributed by atoms with Gasteiger partial charge in [-0.05, 0) is 165 Å². The van der Waals surface area contributed by atoms with Crippen LogP contribution in [-0.4, -0.2) is 212 Å². The first-order valence-electron chi connectivity index (χ1n) is 42.0. The van der Waals surface area contributed by atoms with Crippen LogP contribution in [0.5, 0.6) is 0 Å². The third-order valence-corrected chi connectivity index (χ3v) is 28.0. The first-order chi connectivity index (χ1) is 55.0. The van der Waals surface area contributed by atoms with E-state index in [1.54, 1.807) is 62.3 Å². The molecule has 9 saturated carbocycles. The van der Waals surface area contributed by atoms with Gasteiger partial charge >= 0.3 is 30.5 Å². The number of halogens is 8. The number of rotatable bonds is 27. The number of ketones is 3. The molecule has 12 fully saturated rings. The molecule has 30 nitrogen and oxygen atoms in total. The van der Waals surface area contributed by atoms with Crippen molar-refractivity contribution in [3.05, 3.63) is 0 Å². The maximum Gasteiger partial charge on any atom is 0.411 e. The molecule has 12 aliphatic rings.